The largest absolute Gasteiger partial charge is 0.481 e. The summed E-state index contributed by atoms with van der Waals surface area (Å²) in [4.78, 5) is 112. The molecule has 0 aliphatic heterocycles. The molecule has 1 unspecified atom stereocenters. The molecule has 1 amide bonds. The Morgan fingerprint density at radius 3 is 1.64 bits per heavy atom. The fourth-order valence-corrected chi connectivity index (χ4v) is 14.2. The zero-order chi connectivity index (χ0) is 62.2. The number of hydrogen-bond acceptors (Lipinski definition) is 15. The number of carbonyl (C=O) groups excluding carboxylic acids is 7. The van der Waals surface area contributed by atoms with E-state index in [4.69, 9.17) is 28.8 Å². The minimum absolute atomic E-state index is 0.00706. The van der Waals surface area contributed by atoms with E-state index < -0.39 is 124 Å². The highest BCUT2D eigenvalue weighted by Crippen LogP contribution is 2.67. The van der Waals surface area contributed by atoms with E-state index in [1.165, 1.54) is 70.9 Å². The number of Topliss-reactive ketones (excluding diaryl/α,β-unsaturated/α-hetero) is 1. The van der Waals surface area contributed by atoms with Gasteiger partial charge < -0.3 is 44.3 Å². The number of rotatable bonds is 31. The molecule has 0 spiro atoms. The van der Waals surface area contributed by atoms with Gasteiger partial charge in [0.15, 0.2) is 11.9 Å². The second-order valence-electron chi connectivity index (χ2n) is 25.2. The molecule has 7 rings (SSSR count). The molecule has 17 nitrogen and oxygen atoms in total. The van der Waals surface area contributed by atoms with Gasteiger partial charge in [-0.1, -0.05) is 177 Å². The average molecular weight is 1190 g/mol. The molecule has 4 aliphatic rings. The molecule has 0 heterocycles. The van der Waals surface area contributed by atoms with Crippen molar-refractivity contribution in [1.29, 1.82) is 0 Å². The third-order valence-corrected chi connectivity index (χ3v) is 19.1. The minimum atomic E-state index is -2.40. The molecule has 3 aromatic carbocycles. The summed E-state index contributed by atoms with van der Waals surface area (Å²) in [6.45, 7) is 8.58. The Hall–Kier alpha value is -6.72. The van der Waals surface area contributed by atoms with Crippen molar-refractivity contribution in [1.82, 2.24) is 5.32 Å². The second-order valence-corrected chi connectivity index (χ2v) is 25.2. The quantitative estimate of drug-likeness (QED) is 0.0202. The van der Waals surface area contributed by atoms with Crippen LogP contribution in [0.3, 0.4) is 0 Å². The van der Waals surface area contributed by atoms with Crippen LogP contribution in [0.5, 0.6) is 0 Å². The van der Waals surface area contributed by atoms with E-state index in [0.29, 0.717) is 18.4 Å². The molecule has 17 heteroatoms. The average Bonchev–Trinajstić information content (AvgIpc) is 0.673. The Kier molecular flexibility index (Phi) is 23.5. The first-order valence-electron chi connectivity index (χ1n) is 31.4. The van der Waals surface area contributed by atoms with E-state index in [1.807, 2.05) is 0 Å². The molecule has 4 aliphatic carbocycles. The Morgan fingerprint density at radius 2 is 1.15 bits per heavy atom. The lowest BCUT2D eigenvalue weighted by Gasteiger charge is -2.68. The fourth-order valence-electron chi connectivity index (χ4n) is 14.2. The van der Waals surface area contributed by atoms with Gasteiger partial charge in [0.05, 0.1) is 23.0 Å². The molecule has 4 N–H and O–H groups in total. The molecular weight excluding hydrogens is 1100 g/mol. The molecule has 2 bridgehead atoms. The summed E-state index contributed by atoms with van der Waals surface area (Å²) in [6.07, 6.45) is 9.56. The first kappa shape index (κ1) is 66.8. The lowest BCUT2D eigenvalue weighted by atomic mass is 9.41. The molecule has 3 fully saturated rings. The maximum atomic E-state index is 15.9. The van der Waals surface area contributed by atoms with E-state index in [9.17, 15) is 39.0 Å². The van der Waals surface area contributed by atoms with Crippen LogP contribution >= 0.6 is 0 Å². The molecule has 3 saturated carbocycles. The summed E-state index contributed by atoms with van der Waals surface area (Å²) in [5.74, 6) is -8.50. The number of nitrogens with one attached hydrogen (secondary N) is 1. The third kappa shape index (κ3) is 15.5. The van der Waals surface area contributed by atoms with Crippen LogP contribution in [0.2, 0.25) is 0 Å². The van der Waals surface area contributed by atoms with Crippen LogP contribution in [0.1, 0.15) is 222 Å². The number of aliphatic hydroxyl groups excluding tert-OH is 1. The van der Waals surface area contributed by atoms with Gasteiger partial charge in [-0.3, -0.25) is 28.8 Å². The number of esters is 5. The standard InChI is InChI=1S/C69H91NO16/c1-45-52(44-69(81)62(85-64(79)50-37-29-24-30-38-50)60-67(6,53(73)43-51-41-42-68(51,60)86-47(3)72)61(77)58(82-46(2)71)56(45)66(69,4)5)83-65(80)59(57(48-33-25-22-26-34-48)70-63(78)49-35-27-23-28-36-49)84-55(76)40-32-21-19-17-15-13-11-9-7-8-10-12-14-16-18-20-31-39-54(74)75/h22-30,33-38,51-53,57-60,62,73,81H,7-21,31-32,39-44H2,1-6H3,(H,70,78)(H,74,75)/t51-,52+,53?,57+,58-,59-,60+,62+,67-,68+,69-/m1/s1. The van der Waals surface area contributed by atoms with Gasteiger partial charge in [0.25, 0.3) is 5.91 Å². The number of carbonyl (C=O) groups is 8. The highest BCUT2D eigenvalue weighted by molar-refractivity contribution is 5.96. The van der Waals surface area contributed by atoms with Crippen LogP contribution in [0.25, 0.3) is 0 Å². The van der Waals surface area contributed by atoms with E-state index in [2.05, 4.69) is 5.32 Å². The van der Waals surface area contributed by atoms with Gasteiger partial charge >= 0.3 is 35.8 Å². The van der Waals surface area contributed by atoms with E-state index in [1.54, 1.807) is 99.6 Å². The summed E-state index contributed by atoms with van der Waals surface area (Å²) < 4.78 is 31.6. The molecule has 11 atom stereocenters. The number of benzene rings is 3. The van der Waals surface area contributed by atoms with Gasteiger partial charge in [-0.15, -0.1) is 0 Å². The number of hydrogen-bond donors (Lipinski definition) is 4. The number of ether oxygens (including phenoxy) is 5. The summed E-state index contributed by atoms with van der Waals surface area (Å²) in [6, 6.07) is 23.5. The normalized spacial score (nSPS) is 26.2. The number of carboxylic acid groups (broad SMARTS) is 1. The van der Waals surface area contributed by atoms with Crippen molar-refractivity contribution in [3.63, 3.8) is 0 Å². The number of aliphatic hydroxyl groups is 2. The topological polar surface area (TPSA) is 255 Å². The van der Waals surface area contributed by atoms with Crippen molar-refractivity contribution >= 4 is 47.5 Å². The van der Waals surface area contributed by atoms with E-state index in [-0.39, 0.29) is 48.0 Å². The monoisotopic (exact) mass is 1190 g/mol. The number of ketones is 1. The number of aliphatic carboxylic acids is 1. The Morgan fingerprint density at radius 1 is 0.651 bits per heavy atom. The summed E-state index contributed by atoms with van der Waals surface area (Å²) in [5.41, 5.74) is -6.74. The van der Waals surface area contributed by atoms with Crippen molar-refractivity contribution < 1.29 is 77.4 Å². The Balaban J connectivity index is 1.14. The molecule has 86 heavy (non-hydrogen) atoms. The van der Waals surface area contributed by atoms with Crippen LogP contribution < -0.4 is 5.32 Å². The summed E-state index contributed by atoms with van der Waals surface area (Å²) in [5, 5.41) is 38.2. The molecule has 3 aromatic rings. The summed E-state index contributed by atoms with van der Waals surface area (Å²) in [7, 11) is 0. The second kappa shape index (κ2) is 30.3. The Bertz CT molecular complexity index is 2850. The molecule has 0 radical (unpaired) electrons. The third-order valence-electron chi connectivity index (χ3n) is 19.1. The van der Waals surface area contributed by atoms with Crippen LogP contribution in [0, 0.1) is 22.7 Å². The maximum Gasteiger partial charge on any atom is 0.350 e. The number of unbranched alkanes of at least 4 members (excludes halogenated alkanes) is 16. The molecule has 0 saturated heterocycles. The van der Waals surface area contributed by atoms with E-state index >= 15 is 9.59 Å². The van der Waals surface area contributed by atoms with Gasteiger partial charge in [-0.25, -0.2) is 9.59 Å². The first-order valence-corrected chi connectivity index (χ1v) is 31.4. The van der Waals surface area contributed by atoms with Crippen molar-refractivity contribution in [3.8, 4) is 0 Å². The first-order chi connectivity index (χ1) is 41.1. The predicted molar refractivity (Wildman–Crippen MR) is 320 cm³/mol. The predicted octanol–water partition coefficient (Wildman–Crippen LogP) is 11.8. The molecular formula is C69H91NO16. The zero-order valence-corrected chi connectivity index (χ0v) is 51.2. The fraction of sp³-hybridized carbons (Fsp3) is 0.594. The van der Waals surface area contributed by atoms with Crippen LogP contribution in [0.15, 0.2) is 102 Å². The lowest BCUT2D eigenvalue weighted by Crippen LogP contribution is -2.78. The van der Waals surface area contributed by atoms with E-state index in [0.717, 1.165) is 64.7 Å². The number of carboxylic acids is 1. The van der Waals surface area contributed by atoms with Crippen molar-refractivity contribution in [2.24, 2.45) is 22.7 Å². The van der Waals surface area contributed by atoms with Crippen LogP contribution in [-0.2, 0) is 52.5 Å². The van der Waals surface area contributed by atoms with Gasteiger partial charge in [0.1, 0.15) is 29.5 Å². The van der Waals surface area contributed by atoms with Gasteiger partial charge in [0, 0.05) is 50.0 Å². The highest BCUT2D eigenvalue weighted by Gasteiger charge is 2.77. The summed E-state index contributed by atoms with van der Waals surface area (Å²) >= 11 is 0. The van der Waals surface area contributed by atoms with Gasteiger partial charge in [-0.05, 0) is 86.9 Å². The zero-order valence-electron chi connectivity index (χ0n) is 51.2. The van der Waals surface area contributed by atoms with Gasteiger partial charge in [-0.2, -0.15) is 0 Å². The van der Waals surface area contributed by atoms with Crippen molar-refractivity contribution in [3.05, 3.63) is 119 Å². The van der Waals surface area contributed by atoms with Gasteiger partial charge in [0.2, 0.25) is 6.10 Å². The molecule has 468 valence electrons. The van der Waals surface area contributed by atoms with Crippen LogP contribution in [0.4, 0.5) is 0 Å². The van der Waals surface area contributed by atoms with Crippen LogP contribution in [-0.4, -0.2) is 105 Å². The smallest absolute Gasteiger partial charge is 0.350 e. The van der Waals surface area contributed by atoms with Crippen molar-refractivity contribution in [2.75, 3.05) is 0 Å². The SMILES string of the molecule is CC(=O)O[C@H]1C(=O)[C@]2(C)C(O)C[C@H]3CC[C@@]3(OC(C)=O)[C@H]2[C@H](OC(=O)c2ccccc2)[C@]2(O)C[C@H](OC(=O)[C@H](OC(=O)CCCCCCCCCCCCCCCCCCCC(=O)O)[C@@H](NC(=O)c3ccccc3)c3ccccc3)C(C)=C1C2(C)C. The maximum absolute atomic E-state index is 15.9. The number of fused-ring (bicyclic) bond motifs is 5. The minimum Gasteiger partial charge on any atom is -0.481 e. The number of amides is 1. The van der Waals surface area contributed by atoms with Crippen molar-refractivity contribution in [2.45, 2.75) is 237 Å². The molecule has 0 aromatic heterocycles. The lowest BCUT2D eigenvalue weighted by molar-refractivity contribution is -0.296. The highest BCUT2D eigenvalue weighted by atomic mass is 16.6. The Labute approximate surface area is 506 Å².